The summed E-state index contributed by atoms with van der Waals surface area (Å²) in [4.78, 5) is 11.3. The zero-order valence-corrected chi connectivity index (χ0v) is 18.5. The summed E-state index contributed by atoms with van der Waals surface area (Å²) in [6, 6.07) is 4.00. The van der Waals surface area contributed by atoms with Crippen molar-refractivity contribution in [3.05, 3.63) is 34.7 Å². The van der Waals surface area contributed by atoms with Crippen molar-refractivity contribution in [3.8, 4) is 0 Å². The van der Waals surface area contributed by atoms with Gasteiger partial charge in [0.2, 0.25) is 0 Å². The molecule has 1 saturated heterocycles. The van der Waals surface area contributed by atoms with E-state index in [1.807, 2.05) is 36.0 Å². The van der Waals surface area contributed by atoms with E-state index in [4.69, 9.17) is 4.74 Å². The van der Waals surface area contributed by atoms with E-state index in [1.54, 1.807) is 0 Å². The van der Waals surface area contributed by atoms with Gasteiger partial charge in [-0.3, -0.25) is 4.99 Å². The average Bonchev–Trinajstić information content (AvgIpc) is 2.99. The van der Waals surface area contributed by atoms with Gasteiger partial charge in [0.15, 0.2) is 5.96 Å². The zero-order chi connectivity index (χ0) is 16.9. The molecule has 2 aromatic rings. The molecule has 0 bridgehead atoms. The van der Waals surface area contributed by atoms with Crippen LogP contribution < -0.4 is 5.32 Å². The molecule has 0 atom stereocenters. The highest BCUT2D eigenvalue weighted by Gasteiger charge is 2.21. The maximum absolute atomic E-state index is 5.71. The van der Waals surface area contributed by atoms with Gasteiger partial charge in [0.1, 0.15) is 5.65 Å². The Kier molecular flexibility index (Phi) is 7.95. The second-order valence-corrected chi connectivity index (χ2v) is 6.80. The van der Waals surface area contributed by atoms with E-state index in [9.17, 15) is 0 Å². The van der Waals surface area contributed by atoms with Gasteiger partial charge in [0, 0.05) is 43.6 Å². The third kappa shape index (κ3) is 5.30. The molecule has 1 fully saturated rings. The number of nitrogens with zero attached hydrogens (tertiary/aromatic N) is 4. The number of halogens is 2. The molecule has 3 rings (SSSR count). The van der Waals surface area contributed by atoms with E-state index in [0.29, 0.717) is 12.6 Å². The lowest BCUT2D eigenvalue weighted by Gasteiger charge is -2.33. The smallest absolute Gasteiger partial charge is 0.193 e. The van der Waals surface area contributed by atoms with Crippen LogP contribution in [0, 0.1) is 0 Å². The molecule has 25 heavy (non-hydrogen) atoms. The number of hydrogen-bond acceptors (Lipinski definition) is 3. The molecular weight excluding hydrogens is 497 g/mol. The minimum absolute atomic E-state index is 0. The van der Waals surface area contributed by atoms with Crippen LogP contribution in [0.15, 0.2) is 34.0 Å². The highest BCUT2D eigenvalue weighted by atomic mass is 127. The lowest BCUT2D eigenvalue weighted by molar-refractivity contribution is 0.0263. The van der Waals surface area contributed by atoms with Gasteiger partial charge in [0.05, 0.1) is 18.3 Å². The molecule has 0 aliphatic carbocycles. The second kappa shape index (κ2) is 9.72. The third-order valence-electron chi connectivity index (χ3n) is 4.25. The lowest BCUT2D eigenvalue weighted by Crippen LogP contribution is -2.46. The Morgan fingerprint density at radius 3 is 2.80 bits per heavy atom. The molecule has 3 heterocycles. The topological polar surface area (TPSA) is 54.2 Å². The number of guanidine groups is 1. The molecule has 0 aromatic carbocycles. The Labute approximate surface area is 174 Å². The molecule has 1 aliphatic heterocycles. The van der Waals surface area contributed by atoms with E-state index in [0.717, 1.165) is 54.3 Å². The van der Waals surface area contributed by atoms with Crippen molar-refractivity contribution in [1.29, 1.82) is 0 Å². The molecule has 2 aromatic heterocycles. The van der Waals surface area contributed by atoms with Crippen molar-refractivity contribution in [3.63, 3.8) is 0 Å². The van der Waals surface area contributed by atoms with Crippen LogP contribution in [0.5, 0.6) is 0 Å². The van der Waals surface area contributed by atoms with Gasteiger partial charge < -0.3 is 19.4 Å². The van der Waals surface area contributed by atoms with E-state index >= 15 is 0 Å². The summed E-state index contributed by atoms with van der Waals surface area (Å²) in [6.45, 7) is 5.46. The number of aliphatic imine (C=N–C) groups is 1. The summed E-state index contributed by atoms with van der Waals surface area (Å²) < 4.78 is 8.78. The molecule has 0 saturated carbocycles. The fraction of sp³-hybridized carbons (Fsp3) is 0.529. The fourth-order valence-corrected chi connectivity index (χ4v) is 3.43. The number of aromatic nitrogens is 2. The molecule has 0 amide bonds. The maximum atomic E-state index is 5.71. The molecule has 8 heteroatoms. The Morgan fingerprint density at radius 1 is 1.36 bits per heavy atom. The van der Waals surface area contributed by atoms with E-state index in [2.05, 4.69) is 43.0 Å². The number of hydrogen-bond donors (Lipinski definition) is 1. The molecule has 1 N–H and O–H groups in total. The first-order valence-corrected chi connectivity index (χ1v) is 9.19. The number of likely N-dealkylation sites (tertiary alicyclic amines) is 1. The van der Waals surface area contributed by atoms with Crippen molar-refractivity contribution in [2.24, 2.45) is 4.99 Å². The van der Waals surface area contributed by atoms with Crippen LogP contribution in [0.4, 0.5) is 0 Å². The molecular formula is C17H25BrIN5O. The number of pyridine rings is 1. The summed E-state index contributed by atoms with van der Waals surface area (Å²) in [7, 11) is 1.83. The minimum atomic E-state index is 0. The van der Waals surface area contributed by atoms with Gasteiger partial charge >= 0.3 is 0 Å². The largest absolute Gasteiger partial charge is 0.378 e. The lowest BCUT2D eigenvalue weighted by atomic mass is 10.1. The van der Waals surface area contributed by atoms with Crippen molar-refractivity contribution in [2.45, 2.75) is 32.4 Å². The SMILES string of the molecule is CCOC1CCN(C(=NC)NCc2cn3cc(Br)ccc3n2)CC1.I. The standard InChI is InChI=1S/C17H24BrN5O.HI/c1-3-24-15-6-8-22(9-7-15)17(19-2)20-10-14-12-23-11-13(18)4-5-16(23)21-14;/h4-5,11-12,15H,3,6-10H2,1-2H3,(H,19,20);1H. The third-order valence-corrected chi connectivity index (χ3v) is 4.72. The summed E-state index contributed by atoms with van der Waals surface area (Å²) in [5.74, 6) is 0.934. The number of ether oxygens (including phenoxy) is 1. The van der Waals surface area contributed by atoms with Crippen LogP contribution in [-0.4, -0.2) is 53.1 Å². The normalized spacial score (nSPS) is 16.1. The molecule has 6 nitrogen and oxygen atoms in total. The first-order chi connectivity index (χ1) is 11.7. The van der Waals surface area contributed by atoms with Gasteiger partial charge in [0.25, 0.3) is 0 Å². The Balaban J connectivity index is 0.00000225. The Bertz CT molecular complexity index is 712. The average molecular weight is 522 g/mol. The summed E-state index contributed by atoms with van der Waals surface area (Å²) in [5.41, 5.74) is 1.95. The maximum Gasteiger partial charge on any atom is 0.193 e. The van der Waals surface area contributed by atoms with Crippen LogP contribution in [0.1, 0.15) is 25.5 Å². The molecule has 1 aliphatic rings. The minimum Gasteiger partial charge on any atom is -0.378 e. The second-order valence-electron chi connectivity index (χ2n) is 5.89. The number of rotatable bonds is 4. The highest BCUT2D eigenvalue weighted by molar-refractivity contribution is 14.0. The monoisotopic (exact) mass is 521 g/mol. The van der Waals surface area contributed by atoms with Gasteiger partial charge in [-0.25, -0.2) is 4.98 Å². The zero-order valence-electron chi connectivity index (χ0n) is 14.6. The highest BCUT2D eigenvalue weighted by Crippen LogP contribution is 2.15. The molecule has 0 unspecified atom stereocenters. The number of imidazole rings is 1. The van der Waals surface area contributed by atoms with Crippen molar-refractivity contribution in [2.75, 3.05) is 26.7 Å². The van der Waals surface area contributed by atoms with E-state index in [1.165, 1.54) is 0 Å². The molecule has 0 radical (unpaired) electrons. The van der Waals surface area contributed by atoms with Crippen molar-refractivity contribution < 1.29 is 4.74 Å². The first kappa shape index (κ1) is 20.4. The van der Waals surface area contributed by atoms with Crippen molar-refractivity contribution >= 4 is 51.5 Å². The van der Waals surface area contributed by atoms with Gasteiger partial charge in [-0.1, -0.05) is 0 Å². The Morgan fingerprint density at radius 2 is 2.12 bits per heavy atom. The molecule has 138 valence electrons. The van der Waals surface area contributed by atoms with Crippen LogP contribution in [0.3, 0.4) is 0 Å². The fourth-order valence-electron chi connectivity index (χ4n) is 3.07. The van der Waals surface area contributed by atoms with E-state index < -0.39 is 0 Å². The number of nitrogens with one attached hydrogen (secondary N) is 1. The van der Waals surface area contributed by atoms with Crippen LogP contribution in [-0.2, 0) is 11.3 Å². The van der Waals surface area contributed by atoms with E-state index in [-0.39, 0.29) is 24.0 Å². The van der Waals surface area contributed by atoms with Gasteiger partial charge in [-0.05, 0) is 47.8 Å². The summed E-state index contributed by atoms with van der Waals surface area (Å²) >= 11 is 3.48. The number of piperidine rings is 1. The van der Waals surface area contributed by atoms with Crippen LogP contribution in [0.25, 0.3) is 5.65 Å². The summed E-state index contributed by atoms with van der Waals surface area (Å²) in [6.07, 6.45) is 6.55. The predicted octanol–water partition coefficient (Wildman–Crippen LogP) is 3.29. The molecule has 0 spiro atoms. The van der Waals surface area contributed by atoms with Gasteiger partial charge in [-0.2, -0.15) is 0 Å². The summed E-state index contributed by atoms with van der Waals surface area (Å²) in [5, 5.41) is 3.43. The van der Waals surface area contributed by atoms with Crippen LogP contribution >= 0.6 is 39.9 Å². The Hall–Kier alpha value is -0.870. The van der Waals surface area contributed by atoms with Crippen LogP contribution in [0.2, 0.25) is 0 Å². The first-order valence-electron chi connectivity index (χ1n) is 8.40. The number of fused-ring (bicyclic) bond motifs is 1. The van der Waals surface area contributed by atoms with Crippen molar-refractivity contribution in [1.82, 2.24) is 19.6 Å². The van der Waals surface area contributed by atoms with Gasteiger partial charge in [-0.15, -0.1) is 24.0 Å². The predicted molar refractivity (Wildman–Crippen MR) is 115 cm³/mol. The quantitative estimate of drug-likeness (QED) is 0.381.